The first-order chi connectivity index (χ1) is 9.06. The summed E-state index contributed by atoms with van der Waals surface area (Å²) in [4.78, 5) is 22.6. The molecule has 0 unspecified atom stereocenters. The van der Waals surface area contributed by atoms with Crippen molar-refractivity contribution < 1.29 is 14.7 Å². The Morgan fingerprint density at radius 2 is 2.32 bits per heavy atom. The van der Waals surface area contributed by atoms with E-state index >= 15 is 0 Å². The standard InChI is InChI=1S/C13H19N3O3/c1-16-11(6-7-14-16)4-5-12(17)15-10-3-2-9(8-10)13(18)19/h6-7,9-10H,2-5,8H2,1H3,(H,15,17)(H,18,19)/t9-,10+/m1/s1. The number of aromatic nitrogens is 2. The molecule has 6 nitrogen and oxygen atoms in total. The van der Waals surface area contributed by atoms with Gasteiger partial charge in [0.2, 0.25) is 5.91 Å². The van der Waals surface area contributed by atoms with E-state index in [-0.39, 0.29) is 17.9 Å². The molecular formula is C13H19N3O3. The fourth-order valence-corrected chi connectivity index (χ4v) is 2.52. The van der Waals surface area contributed by atoms with Gasteiger partial charge in [0.1, 0.15) is 0 Å². The van der Waals surface area contributed by atoms with E-state index in [1.54, 1.807) is 10.9 Å². The zero-order valence-corrected chi connectivity index (χ0v) is 11.0. The molecule has 0 bridgehead atoms. The Hall–Kier alpha value is -1.85. The van der Waals surface area contributed by atoms with Gasteiger partial charge in [-0.05, 0) is 31.7 Å². The predicted octanol–water partition coefficient (Wildman–Crippen LogP) is 0.722. The van der Waals surface area contributed by atoms with E-state index in [0.717, 1.165) is 12.1 Å². The average Bonchev–Trinajstić information content (AvgIpc) is 2.96. The second-order valence-electron chi connectivity index (χ2n) is 5.06. The molecule has 1 amide bonds. The number of nitrogens with zero attached hydrogens (tertiary/aromatic N) is 2. The molecule has 0 aromatic carbocycles. The number of carboxylic acid groups (broad SMARTS) is 1. The zero-order chi connectivity index (χ0) is 13.8. The SMILES string of the molecule is Cn1nccc1CCC(=O)N[C@H]1CC[C@@H](C(=O)O)C1. The monoisotopic (exact) mass is 265 g/mol. The highest BCUT2D eigenvalue weighted by Crippen LogP contribution is 2.25. The number of rotatable bonds is 5. The predicted molar refractivity (Wildman–Crippen MR) is 68.4 cm³/mol. The van der Waals surface area contributed by atoms with Crippen molar-refractivity contribution in [2.45, 2.75) is 38.1 Å². The van der Waals surface area contributed by atoms with Gasteiger partial charge in [-0.1, -0.05) is 0 Å². The Balaban J connectivity index is 1.73. The minimum Gasteiger partial charge on any atom is -0.481 e. The van der Waals surface area contributed by atoms with Crippen molar-refractivity contribution in [3.8, 4) is 0 Å². The van der Waals surface area contributed by atoms with Crippen LogP contribution in [-0.2, 0) is 23.1 Å². The Bertz CT molecular complexity index is 469. The molecule has 0 aliphatic heterocycles. The topological polar surface area (TPSA) is 84.2 Å². The molecule has 1 aromatic rings. The van der Waals surface area contributed by atoms with E-state index in [0.29, 0.717) is 25.7 Å². The van der Waals surface area contributed by atoms with Crippen LogP contribution in [0.1, 0.15) is 31.4 Å². The molecule has 1 aliphatic carbocycles. The van der Waals surface area contributed by atoms with Gasteiger partial charge in [0.05, 0.1) is 5.92 Å². The molecule has 1 fully saturated rings. The van der Waals surface area contributed by atoms with Crippen molar-refractivity contribution in [2.75, 3.05) is 0 Å². The van der Waals surface area contributed by atoms with Crippen molar-refractivity contribution in [1.82, 2.24) is 15.1 Å². The number of hydrogen-bond acceptors (Lipinski definition) is 3. The quantitative estimate of drug-likeness (QED) is 0.821. The van der Waals surface area contributed by atoms with Gasteiger partial charge >= 0.3 is 5.97 Å². The molecule has 1 aromatic heterocycles. The Kier molecular flexibility index (Phi) is 4.19. The average molecular weight is 265 g/mol. The second kappa shape index (κ2) is 5.86. The summed E-state index contributed by atoms with van der Waals surface area (Å²) in [6.45, 7) is 0. The lowest BCUT2D eigenvalue weighted by atomic mass is 10.1. The minimum absolute atomic E-state index is 0.0140. The number of nitrogens with one attached hydrogen (secondary N) is 1. The Morgan fingerprint density at radius 1 is 1.53 bits per heavy atom. The molecule has 2 rings (SSSR count). The van der Waals surface area contributed by atoms with Crippen molar-refractivity contribution in [3.05, 3.63) is 18.0 Å². The molecular weight excluding hydrogens is 246 g/mol. The molecule has 2 N–H and O–H groups in total. The van der Waals surface area contributed by atoms with Crippen molar-refractivity contribution in [1.29, 1.82) is 0 Å². The number of amides is 1. The summed E-state index contributed by atoms with van der Waals surface area (Å²) in [6.07, 6.45) is 4.73. The molecule has 2 atom stereocenters. The van der Waals surface area contributed by atoms with Gasteiger partial charge in [-0.15, -0.1) is 0 Å². The largest absolute Gasteiger partial charge is 0.481 e. The summed E-state index contributed by atoms with van der Waals surface area (Å²) in [5.41, 5.74) is 1.02. The number of carboxylic acids is 1. The highest BCUT2D eigenvalue weighted by molar-refractivity contribution is 5.77. The summed E-state index contributed by atoms with van der Waals surface area (Å²) in [5.74, 6) is -1.08. The highest BCUT2D eigenvalue weighted by Gasteiger charge is 2.30. The third kappa shape index (κ3) is 3.56. The van der Waals surface area contributed by atoms with Crippen molar-refractivity contribution in [2.24, 2.45) is 13.0 Å². The van der Waals surface area contributed by atoms with Gasteiger partial charge in [-0.3, -0.25) is 14.3 Å². The van der Waals surface area contributed by atoms with E-state index in [9.17, 15) is 9.59 Å². The normalized spacial score (nSPS) is 22.4. The summed E-state index contributed by atoms with van der Waals surface area (Å²) in [5, 5.41) is 15.9. The number of carbonyl (C=O) groups is 2. The fourth-order valence-electron chi connectivity index (χ4n) is 2.52. The molecule has 1 heterocycles. The molecule has 1 aliphatic rings. The molecule has 19 heavy (non-hydrogen) atoms. The van der Waals surface area contributed by atoms with E-state index < -0.39 is 5.97 Å². The van der Waals surface area contributed by atoms with Gasteiger partial charge in [-0.25, -0.2) is 0 Å². The Labute approximate surface area is 111 Å². The Morgan fingerprint density at radius 3 is 2.89 bits per heavy atom. The number of carbonyl (C=O) groups excluding carboxylic acids is 1. The van der Waals surface area contributed by atoms with E-state index in [4.69, 9.17) is 5.11 Å². The van der Waals surface area contributed by atoms with Crippen LogP contribution in [0.25, 0.3) is 0 Å². The first-order valence-electron chi connectivity index (χ1n) is 6.55. The molecule has 1 saturated carbocycles. The third-order valence-corrected chi connectivity index (χ3v) is 3.68. The second-order valence-corrected chi connectivity index (χ2v) is 5.06. The summed E-state index contributed by atoms with van der Waals surface area (Å²) in [7, 11) is 1.85. The number of hydrogen-bond donors (Lipinski definition) is 2. The maximum absolute atomic E-state index is 11.8. The van der Waals surface area contributed by atoms with Crippen LogP contribution < -0.4 is 5.32 Å². The smallest absolute Gasteiger partial charge is 0.306 e. The van der Waals surface area contributed by atoms with Crippen molar-refractivity contribution >= 4 is 11.9 Å². The van der Waals surface area contributed by atoms with E-state index in [1.807, 2.05) is 13.1 Å². The molecule has 6 heteroatoms. The van der Waals surface area contributed by atoms with Crippen LogP contribution in [0.15, 0.2) is 12.3 Å². The first-order valence-corrected chi connectivity index (χ1v) is 6.55. The van der Waals surface area contributed by atoms with E-state index in [1.165, 1.54) is 0 Å². The van der Waals surface area contributed by atoms with Gasteiger partial charge < -0.3 is 10.4 Å². The number of aryl methyl sites for hydroxylation is 2. The summed E-state index contributed by atoms with van der Waals surface area (Å²) >= 11 is 0. The van der Waals surface area contributed by atoms with Crippen LogP contribution in [0.3, 0.4) is 0 Å². The van der Waals surface area contributed by atoms with Crippen LogP contribution >= 0.6 is 0 Å². The maximum Gasteiger partial charge on any atom is 0.306 e. The van der Waals surface area contributed by atoms with E-state index in [2.05, 4.69) is 10.4 Å². The van der Waals surface area contributed by atoms with Crippen LogP contribution in [0.2, 0.25) is 0 Å². The molecule has 104 valence electrons. The third-order valence-electron chi connectivity index (χ3n) is 3.68. The van der Waals surface area contributed by atoms with Crippen LogP contribution in [0.5, 0.6) is 0 Å². The zero-order valence-electron chi connectivity index (χ0n) is 11.0. The van der Waals surface area contributed by atoms with Crippen LogP contribution in [-0.4, -0.2) is 32.8 Å². The van der Waals surface area contributed by atoms with Gasteiger partial charge in [-0.2, -0.15) is 5.10 Å². The lowest BCUT2D eigenvalue weighted by Crippen LogP contribution is -2.33. The molecule has 0 spiro atoms. The maximum atomic E-state index is 11.8. The minimum atomic E-state index is -0.758. The molecule has 0 radical (unpaired) electrons. The lowest BCUT2D eigenvalue weighted by molar-refractivity contribution is -0.141. The van der Waals surface area contributed by atoms with Crippen LogP contribution in [0, 0.1) is 5.92 Å². The van der Waals surface area contributed by atoms with Gasteiger partial charge in [0.25, 0.3) is 0 Å². The van der Waals surface area contributed by atoms with Gasteiger partial charge in [0.15, 0.2) is 0 Å². The van der Waals surface area contributed by atoms with Crippen LogP contribution in [0.4, 0.5) is 0 Å². The van der Waals surface area contributed by atoms with Gasteiger partial charge in [0, 0.05) is 31.4 Å². The first kappa shape index (κ1) is 13.6. The van der Waals surface area contributed by atoms with Crippen molar-refractivity contribution in [3.63, 3.8) is 0 Å². The number of aliphatic carboxylic acids is 1. The lowest BCUT2D eigenvalue weighted by Gasteiger charge is -2.12. The summed E-state index contributed by atoms with van der Waals surface area (Å²) in [6, 6.07) is 1.91. The molecule has 0 saturated heterocycles. The highest BCUT2D eigenvalue weighted by atomic mass is 16.4. The fraction of sp³-hybridized carbons (Fsp3) is 0.615. The summed E-state index contributed by atoms with van der Waals surface area (Å²) < 4.78 is 1.75.